The van der Waals surface area contributed by atoms with Crippen molar-refractivity contribution in [3.8, 4) is 5.75 Å². The number of nitrogens with zero attached hydrogens (tertiary/aromatic N) is 1. The fourth-order valence-electron chi connectivity index (χ4n) is 3.58. The Morgan fingerprint density at radius 3 is 2.16 bits per heavy atom. The Labute approximate surface area is 220 Å². The van der Waals surface area contributed by atoms with Crippen LogP contribution in [0.25, 0.3) is 0 Å². The molecule has 0 aliphatic carbocycles. The van der Waals surface area contributed by atoms with Gasteiger partial charge in [-0.05, 0) is 61.1 Å². The Morgan fingerprint density at radius 1 is 0.946 bits per heavy atom. The third-order valence-electron chi connectivity index (χ3n) is 5.32. The molecule has 4 rings (SSSR count). The summed E-state index contributed by atoms with van der Waals surface area (Å²) < 4.78 is 5.82. The number of nitrogens with one attached hydrogen (secondary N) is 1. The first kappa shape index (κ1) is 29.4. The molecule has 5 N–H and O–H groups in total. The summed E-state index contributed by atoms with van der Waals surface area (Å²) >= 11 is 1.92. The van der Waals surface area contributed by atoms with E-state index in [2.05, 4.69) is 85.0 Å². The minimum atomic E-state index is -1.26. The number of benzene rings is 3. The van der Waals surface area contributed by atoms with E-state index in [0.29, 0.717) is 18.8 Å². The van der Waals surface area contributed by atoms with Crippen LogP contribution in [0.5, 0.6) is 5.75 Å². The predicted octanol–water partition coefficient (Wildman–Crippen LogP) is 4.32. The number of aliphatic carboxylic acids is 2. The van der Waals surface area contributed by atoms with E-state index in [0.717, 1.165) is 23.7 Å². The van der Waals surface area contributed by atoms with Crippen LogP contribution in [0.1, 0.15) is 22.7 Å². The first-order valence-corrected chi connectivity index (χ1v) is 12.4. The molecule has 1 aliphatic heterocycles. The molecule has 37 heavy (non-hydrogen) atoms. The molecule has 8 nitrogen and oxygen atoms in total. The molecular formula is C28H32N2O6S. The van der Waals surface area contributed by atoms with Crippen molar-refractivity contribution in [2.75, 3.05) is 32.6 Å². The molecule has 0 saturated carbocycles. The Kier molecular flexibility index (Phi) is 11.7. The molecule has 0 saturated heterocycles. The summed E-state index contributed by atoms with van der Waals surface area (Å²) in [5, 5.41) is 19.4. The SMILES string of the molecule is CN(C)CCOc1ccc(NC2c3ccccc3CSc3ccccc32)cc1.O.O=C(O)/C=C\C(=O)O. The Balaban J connectivity index is 0.000000467. The van der Waals surface area contributed by atoms with Crippen LogP contribution in [0.2, 0.25) is 0 Å². The summed E-state index contributed by atoms with van der Waals surface area (Å²) in [6.07, 6.45) is 1.12. The molecule has 0 aromatic heterocycles. The second kappa shape index (κ2) is 14.7. The molecule has 0 amide bonds. The molecule has 196 valence electrons. The van der Waals surface area contributed by atoms with E-state index in [1.165, 1.54) is 21.6 Å². The summed E-state index contributed by atoms with van der Waals surface area (Å²) in [6, 6.07) is 25.9. The first-order valence-electron chi connectivity index (χ1n) is 11.4. The van der Waals surface area contributed by atoms with Gasteiger partial charge in [-0.25, -0.2) is 9.59 Å². The zero-order valence-corrected chi connectivity index (χ0v) is 21.6. The van der Waals surface area contributed by atoms with Crippen molar-refractivity contribution < 1.29 is 30.0 Å². The van der Waals surface area contributed by atoms with E-state index in [-0.39, 0.29) is 11.5 Å². The monoisotopic (exact) mass is 524 g/mol. The zero-order chi connectivity index (χ0) is 25.9. The van der Waals surface area contributed by atoms with Crippen LogP contribution in [-0.2, 0) is 15.3 Å². The van der Waals surface area contributed by atoms with Gasteiger partial charge in [0.05, 0.1) is 6.04 Å². The van der Waals surface area contributed by atoms with Gasteiger partial charge in [0.25, 0.3) is 0 Å². The number of hydrogen-bond donors (Lipinski definition) is 3. The van der Waals surface area contributed by atoms with Crippen molar-refractivity contribution in [1.29, 1.82) is 0 Å². The largest absolute Gasteiger partial charge is 0.492 e. The molecule has 9 heteroatoms. The minimum absolute atomic E-state index is 0. The summed E-state index contributed by atoms with van der Waals surface area (Å²) in [6.45, 7) is 1.60. The first-order chi connectivity index (χ1) is 17.3. The molecule has 0 spiro atoms. The Hall–Kier alpha value is -3.79. The maximum Gasteiger partial charge on any atom is 0.328 e. The molecule has 1 unspecified atom stereocenters. The van der Waals surface area contributed by atoms with Gasteiger partial charge in [0.1, 0.15) is 12.4 Å². The van der Waals surface area contributed by atoms with E-state index in [1.54, 1.807) is 0 Å². The van der Waals surface area contributed by atoms with Crippen LogP contribution < -0.4 is 10.1 Å². The van der Waals surface area contributed by atoms with Gasteiger partial charge in [0.15, 0.2) is 0 Å². The van der Waals surface area contributed by atoms with Gasteiger partial charge in [-0.2, -0.15) is 0 Å². The molecule has 0 fully saturated rings. The minimum Gasteiger partial charge on any atom is -0.492 e. The summed E-state index contributed by atoms with van der Waals surface area (Å²) in [5.41, 5.74) is 5.18. The van der Waals surface area contributed by atoms with E-state index < -0.39 is 11.9 Å². The molecule has 0 bridgehead atoms. The number of hydrogen-bond acceptors (Lipinski definition) is 6. The highest BCUT2D eigenvalue weighted by molar-refractivity contribution is 7.98. The quantitative estimate of drug-likeness (QED) is 0.371. The highest BCUT2D eigenvalue weighted by Crippen LogP contribution is 2.40. The average Bonchev–Trinajstić information content (AvgIpc) is 3.01. The van der Waals surface area contributed by atoms with Crippen LogP contribution in [-0.4, -0.2) is 59.8 Å². The number of ether oxygens (including phenoxy) is 1. The number of anilines is 1. The molecular weight excluding hydrogens is 492 g/mol. The van der Waals surface area contributed by atoms with Gasteiger partial charge >= 0.3 is 11.9 Å². The molecule has 1 heterocycles. The maximum atomic E-state index is 9.55. The van der Waals surface area contributed by atoms with E-state index in [9.17, 15) is 9.59 Å². The van der Waals surface area contributed by atoms with Crippen LogP contribution in [0.4, 0.5) is 5.69 Å². The number of likely N-dealkylation sites (N-methyl/N-ethyl adjacent to an activating group) is 1. The van der Waals surface area contributed by atoms with Crippen LogP contribution >= 0.6 is 11.8 Å². The highest BCUT2D eigenvalue weighted by Gasteiger charge is 2.23. The maximum absolute atomic E-state index is 9.55. The second-order valence-electron chi connectivity index (χ2n) is 8.29. The van der Waals surface area contributed by atoms with Crippen molar-refractivity contribution in [2.45, 2.75) is 16.7 Å². The number of rotatable bonds is 8. The lowest BCUT2D eigenvalue weighted by molar-refractivity contribution is -0.134. The van der Waals surface area contributed by atoms with E-state index >= 15 is 0 Å². The smallest absolute Gasteiger partial charge is 0.328 e. The number of thioether (sulfide) groups is 1. The van der Waals surface area contributed by atoms with Gasteiger partial charge in [0, 0.05) is 35.0 Å². The Morgan fingerprint density at radius 2 is 1.54 bits per heavy atom. The van der Waals surface area contributed by atoms with Crippen LogP contribution in [0.3, 0.4) is 0 Å². The fourth-order valence-corrected chi connectivity index (χ4v) is 4.68. The lowest BCUT2D eigenvalue weighted by atomic mass is 9.95. The molecule has 3 aromatic rings. The van der Waals surface area contributed by atoms with Crippen LogP contribution in [0.15, 0.2) is 89.8 Å². The van der Waals surface area contributed by atoms with E-state index in [4.69, 9.17) is 14.9 Å². The third-order valence-corrected chi connectivity index (χ3v) is 6.46. The van der Waals surface area contributed by atoms with Crippen LogP contribution in [0, 0.1) is 0 Å². The van der Waals surface area contributed by atoms with Gasteiger partial charge in [0.2, 0.25) is 0 Å². The summed E-state index contributed by atoms with van der Waals surface area (Å²) in [7, 11) is 4.11. The summed E-state index contributed by atoms with van der Waals surface area (Å²) in [4.78, 5) is 22.6. The lowest BCUT2D eigenvalue weighted by Gasteiger charge is -2.23. The zero-order valence-electron chi connectivity index (χ0n) is 20.8. The van der Waals surface area contributed by atoms with Gasteiger partial charge in [-0.15, -0.1) is 11.8 Å². The van der Waals surface area contributed by atoms with Gasteiger partial charge in [-0.3, -0.25) is 0 Å². The number of carbonyl (C=O) groups is 2. The molecule has 0 radical (unpaired) electrons. The van der Waals surface area contributed by atoms with Gasteiger partial charge < -0.3 is 30.6 Å². The summed E-state index contributed by atoms with van der Waals surface area (Å²) in [5.74, 6) is -0.603. The van der Waals surface area contributed by atoms with E-state index in [1.807, 2.05) is 23.9 Å². The standard InChI is InChI=1S/C24H26N2OS.C4H4O4.H2O/c1-26(2)15-16-27-20-13-11-19(12-14-20)25-24-21-8-4-3-7-18(21)17-28-23-10-6-5-9-22(23)24;5-3(6)1-2-4(7)8;/h3-14,24-25H,15-17H2,1-2H3;1-2H,(H,5,6)(H,7,8);1H2/b;2-1-;. The fraction of sp³-hybridized carbons (Fsp3) is 0.214. The van der Waals surface area contributed by atoms with Crippen molar-refractivity contribution in [2.24, 2.45) is 0 Å². The van der Waals surface area contributed by atoms with Crippen molar-refractivity contribution in [3.63, 3.8) is 0 Å². The number of carboxylic acids is 2. The number of fused-ring (bicyclic) bond motifs is 2. The predicted molar refractivity (Wildman–Crippen MR) is 146 cm³/mol. The number of carboxylic acid groups (broad SMARTS) is 2. The topological polar surface area (TPSA) is 131 Å². The third kappa shape index (κ3) is 9.30. The van der Waals surface area contributed by atoms with Crippen molar-refractivity contribution >= 4 is 29.4 Å². The lowest BCUT2D eigenvalue weighted by Crippen LogP contribution is -2.19. The average molecular weight is 525 g/mol. The van der Waals surface area contributed by atoms with Crippen molar-refractivity contribution in [3.05, 3.63) is 102 Å². The molecule has 1 atom stereocenters. The highest BCUT2D eigenvalue weighted by atomic mass is 32.2. The molecule has 1 aliphatic rings. The normalized spacial score (nSPS) is 13.8. The Bertz CT molecular complexity index is 1130. The van der Waals surface area contributed by atoms with Gasteiger partial charge in [-0.1, -0.05) is 42.5 Å². The van der Waals surface area contributed by atoms with Crippen molar-refractivity contribution in [1.82, 2.24) is 4.90 Å². The second-order valence-corrected chi connectivity index (χ2v) is 9.31. The molecule has 3 aromatic carbocycles.